The molecule has 1 fully saturated rings. The van der Waals surface area contributed by atoms with E-state index in [1.54, 1.807) is 0 Å². The van der Waals surface area contributed by atoms with Crippen molar-refractivity contribution in [2.75, 3.05) is 39.4 Å². The van der Waals surface area contributed by atoms with Gasteiger partial charge in [0.1, 0.15) is 0 Å². The van der Waals surface area contributed by atoms with Crippen LogP contribution in [-0.2, 0) is 4.74 Å². The first kappa shape index (κ1) is 20.9. The second kappa shape index (κ2) is 15.4. The average molecular weight is 327 g/mol. The summed E-state index contributed by atoms with van der Waals surface area (Å²) in [4.78, 5) is 0. The summed E-state index contributed by atoms with van der Waals surface area (Å²) in [5.41, 5.74) is 0. The van der Waals surface area contributed by atoms with Gasteiger partial charge in [-0.25, -0.2) is 10.0 Å². The Morgan fingerprint density at radius 3 is 1.57 bits per heavy atom. The van der Waals surface area contributed by atoms with Crippen molar-refractivity contribution in [1.29, 1.82) is 0 Å². The van der Waals surface area contributed by atoms with Gasteiger partial charge in [-0.05, 0) is 12.8 Å². The van der Waals surface area contributed by atoms with Crippen LogP contribution in [0.15, 0.2) is 0 Å². The second-order valence-corrected chi connectivity index (χ2v) is 7.06. The van der Waals surface area contributed by atoms with E-state index in [0.29, 0.717) is 0 Å². The number of ether oxygens (including phenoxy) is 1. The molecule has 1 heterocycles. The smallest absolute Gasteiger partial charge is 0.0608 e. The third-order valence-corrected chi connectivity index (χ3v) is 4.93. The highest BCUT2D eigenvalue weighted by Gasteiger charge is 2.17. The molecule has 0 aromatic heterocycles. The molecule has 1 saturated heterocycles. The van der Waals surface area contributed by atoms with Crippen LogP contribution < -0.4 is 0 Å². The van der Waals surface area contributed by atoms with E-state index < -0.39 is 0 Å². The summed E-state index contributed by atoms with van der Waals surface area (Å²) in [5.74, 6) is 0. The summed E-state index contributed by atoms with van der Waals surface area (Å²) in [7, 11) is 0. The third-order valence-electron chi connectivity index (χ3n) is 4.93. The molecule has 1 rings (SSSR count). The van der Waals surface area contributed by atoms with Crippen molar-refractivity contribution in [3.63, 3.8) is 0 Å². The molecule has 0 radical (unpaired) electrons. The normalized spacial score (nSPS) is 16.3. The molecule has 138 valence electrons. The first-order valence-corrected chi connectivity index (χ1v) is 10.5. The molecule has 1 aliphatic heterocycles. The topological polar surface area (TPSA) is 15.7 Å². The largest absolute Gasteiger partial charge is 0.379 e. The van der Waals surface area contributed by atoms with E-state index in [1.165, 1.54) is 90.1 Å². The molecule has 0 aromatic carbocycles. The highest BCUT2D eigenvalue weighted by Crippen LogP contribution is 2.12. The Morgan fingerprint density at radius 1 is 0.652 bits per heavy atom. The van der Waals surface area contributed by atoms with Crippen LogP contribution in [0.1, 0.15) is 90.9 Å². The van der Waals surface area contributed by atoms with Crippen molar-refractivity contribution in [1.82, 2.24) is 10.0 Å². The van der Waals surface area contributed by atoms with Gasteiger partial charge in [0.25, 0.3) is 0 Å². The van der Waals surface area contributed by atoms with Crippen LogP contribution in [-0.4, -0.2) is 49.4 Å². The minimum atomic E-state index is 0.906. The van der Waals surface area contributed by atoms with E-state index in [9.17, 15) is 0 Å². The molecule has 0 unspecified atom stereocenters. The van der Waals surface area contributed by atoms with Gasteiger partial charge in [0, 0.05) is 26.2 Å². The molecule has 0 atom stereocenters. The predicted octanol–water partition coefficient (Wildman–Crippen LogP) is 5.26. The highest BCUT2D eigenvalue weighted by atomic mass is 16.5. The van der Waals surface area contributed by atoms with Crippen molar-refractivity contribution in [2.24, 2.45) is 0 Å². The number of unbranched alkanes of at least 4 members (excludes halogenated alkanes) is 10. The Balaban J connectivity index is 2.17. The van der Waals surface area contributed by atoms with Crippen LogP contribution >= 0.6 is 0 Å². The molecule has 0 amide bonds. The number of morpholine rings is 1. The van der Waals surface area contributed by atoms with E-state index in [0.717, 1.165) is 26.3 Å². The molecule has 23 heavy (non-hydrogen) atoms. The lowest BCUT2D eigenvalue weighted by molar-refractivity contribution is -0.0913. The predicted molar refractivity (Wildman–Crippen MR) is 101 cm³/mol. The lowest BCUT2D eigenvalue weighted by atomic mass is 10.1. The molecule has 1 aliphatic rings. The summed E-state index contributed by atoms with van der Waals surface area (Å²) in [6.45, 7) is 11.1. The summed E-state index contributed by atoms with van der Waals surface area (Å²) >= 11 is 0. The Bertz CT molecular complexity index is 226. The van der Waals surface area contributed by atoms with E-state index in [2.05, 4.69) is 23.9 Å². The van der Waals surface area contributed by atoms with Crippen molar-refractivity contribution >= 4 is 0 Å². The van der Waals surface area contributed by atoms with Crippen LogP contribution in [0.2, 0.25) is 0 Å². The fraction of sp³-hybridized carbons (Fsp3) is 1.00. The zero-order valence-corrected chi connectivity index (χ0v) is 16.0. The molecule has 0 N–H and O–H groups in total. The van der Waals surface area contributed by atoms with Gasteiger partial charge in [-0.3, -0.25) is 0 Å². The lowest BCUT2D eigenvalue weighted by Crippen LogP contribution is -2.49. The number of nitrogens with zero attached hydrogens (tertiary/aromatic N) is 2. The van der Waals surface area contributed by atoms with Crippen LogP contribution in [0.5, 0.6) is 0 Å². The van der Waals surface area contributed by atoms with E-state index >= 15 is 0 Å². The van der Waals surface area contributed by atoms with Crippen molar-refractivity contribution in [3.8, 4) is 0 Å². The summed E-state index contributed by atoms with van der Waals surface area (Å²) in [6.07, 6.45) is 16.7. The molecule has 0 bridgehead atoms. The Hall–Kier alpha value is -0.120. The fourth-order valence-electron chi connectivity index (χ4n) is 3.38. The van der Waals surface area contributed by atoms with E-state index in [4.69, 9.17) is 4.74 Å². The van der Waals surface area contributed by atoms with E-state index in [1.807, 2.05) is 0 Å². The Labute approximate surface area is 145 Å². The van der Waals surface area contributed by atoms with Crippen LogP contribution in [0.3, 0.4) is 0 Å². The van der Waals surface area contributed by atoms with Gasteiger partial charge < -0.3 is 4.74 Å². The van der Waals surface area contributed by atoms with Gasteiger partial charge in [0.2, 0.25) is 0 Å². The molecule has 0 spiro atoms. The standard InChI is InChI=1S/C20H42N2O/c1-3-5-7-9-11-13-15-21(22-17-19-23-20-18-22)16-14-12-10-8-6-4-2/h3-20H2,1-2H3. The van der Waals surface area contributed by atoms with Gasteiger partial charge in [0.15, 0.2) is 0 Å². The highest BCUT2D eigenvalue weighted by molar-refractivity contribution is 4.63. The molecule has 3 nitrogen and oxygen atoms in total. The Kier molecular flexibility index (Phi) is 14.0. The van der Waals surface area contributed by atoms with Gasteiger partial charge in [-0.1, -0.05) is 78.1 Å². The molecule has 0 aromatic rings. The van der Waals surface area contributed by atoms with Crippen molar-refractivity contribution in [3.05, 3.63) is 0 Å². The molecular formula is C20H42N2O. The van der Waals surface area contributed by atoms with Crippen LogP contribution in [0, 0.1) is 0 Å². The zero-order valence-electron chi connectivity index (χ0n) is 16.0. The quantitative estimate of drug-likeness (QED) is 0.382. The van der Waals surface area contributed by atoms with Crippen molar-refractivity contribution < 1.29 is 4.74 Å². The monoisotopic (exact) mass is 326 g/mol. The fourth-order valence-corrected chi connectivity index (χ4v) is 3.38. The number of hydrazine groups is 1. The molecular weight excluding hydrogens is 284 g/mol. The van der Waals surface area contributed by atoms with Gasteiger partial charge in [0.05, 0.1) is 13.2 Å². The SMILES string of the molecule is CCCCCCCCN(CCCCCCCC)N1CCOCC1. The molecule has 0 saturated carbocycles. The third kappa shape index (κ3) is 11.1. The maximum Gasteiger partial charge on any atom is 0.0608 e. The molecule has 0 aliphatic carbocycles. The minimum Gasteiger partial charge on any atom is -0.379 e. The van der Waals surface area contributed by atoms with E-state index in [-0.39, 0.29) is 0 Å². The average Bonchev–Trinajstić information content (AvgIpc) is 2.60. The number of hydrogen-bond acceptors (Lipinski definition) is 3. The van der Waals surface area contributed by atoms with Crippen molar-refractivity contribution in [2.45, 2.75) is 90.9 Å². The van der Waals surface area contributed by atoms with Gasteiger partial charge in [-0.15, -0.1) is 0 Å². The summed E-state index contributed by atoms with van der Waals surface area (Å²) < 4.78 is 5.52. The Morgan fingerprint density at radius 2 is 1.09 bits per heavy atom. The van der Waals surface area contributed by atoms with Gasteiger partial charge >= 0.3 is 0 Å². The summed E-state index contributed by atoms with van der Waals surface area (Å²) in [5, 5.41) is 5.20. The molecule has 3 heteroatoms. The van der Waals surface area contributed by atoms with Gasteiger partial charge in [-0.2, -0.15) is 0 Å². The lowest BCUT2D eigenvalue weighted by Gasteiger charge is -2.37. The first-order valence-electron chi connectivity index (χ1n) is 10.5. The second-order valence-electron chi connectivity index (χ2n) is 7.06. The maximum absolute atomic E-state index is 5.52. The van der Waals surface area contributed by atoms with Crippen LogP contribution in [0.25, 0.3) is 0 Å². The number of hydrogen-bond donors (Lipinski definition) is 0. The first-order chi connectivity index (χ1) is 11.4. The minimum absolute atomic E-state index is 0.906. The number of rotatable bonds is 15. The zero-order chi connectivity index (χ0) is 16.6. The van der Waals surface area contributed by atoms with Crippen LogP contribution in [0.4, 0.5) is 0 Å². The summed E-state index contributed by atoms with van der Waals surface area (Å²) in [6, 6.07) is 0. The maximum atomic E-state index is 5.52.